The number of furan rings is 1. The van der Waals surface area contributed by atoms with E-state index in [0.717, 1.165) is 12.0 Å². The monoisotopic (exact) mass is 440 g/mol. The fraction of sp³-hybridized carbons (Fsp3) is 0.217. The third-order valence-corrected chi connectivity index (χ3v) is 6.11. The van der Waals surface area contributed by atoms with E-state index >= 15 is 0 Å². The van der Waals surface area contributed by atoms with Crippen molar-refractivity contribution in [3.8, 4) is 0 Å². The molecule has 2 N–H and O–H groups in total. The number of Topliss-reactive ketones (excluding diaryl/α,β-unsaturated/α-hetero) is 1. The second-order valence-corrected chi connectivity index (χ2v) is 8.72. The van der Waals surface area contributed by atoms with Crippen molar-refractivity contribution in [3.63, 3.8) is 0 Å². The first-order chi connectivity index (χ1) is 14.9. The fourth-order valence-corrected chi connectivity index (χ4v) is 3.96. The van der Waals surface area contributed by atoms with Gasteiger partial charge in [-0.15, -0.1) is 0 Å². The van der Waals surface area contributed by atoms with Crippen LogP contribution in [-0.2, 0) is 27.8 Å². The van der Waals surface area contributed by atoms with Gasteiger partial charge in [-0.25, -0.2) is 13.1 Å². The molecule has 8 heteroatoms. The van der Waals surface area contributed by atoms with Crippen LogP contribution in [0.1, 0.15) is 41.4 Å². The number of hydrogen-bond acceptors (Lipinski definition) is 5. The van der Waals surface area contributed by atoms with E-state index in [4.69, 9.17) is 4.42 Å². The molecule has 162 valence electrons. The van der Waals surface area contributed by atoms with E-state index in [1.54, 1.807) is 30.3 Å². The summed E-state index contributed by atoms with van der Waals surface area (Å²) in [5.41, 5.74) is 2.05. The first kappa shape index (κ1) is 22.5. The van der Waals surface area contributed by atoms with Gasteiger partial charge in [0.05, 0.1) is 17.7 Å². The lowest BCUT2D eigenvalue weighted by atomic mass is 10.0. The predicted octanol–water partition coefficient (Wildman–Crippen LogP) is 3.92. The van der Waals surface area contributed by atoms with Crippen molar-refractivity contribution in [1.82, 2.24) is 4.72 Å². The third kappa shape index (κ3) is 6.37. The van der Waals surface area contributed by atoms with Crippen LogP contribution in [0.25, 0.3) is 0 Å². The number of benzene rings is 2. The third-order valence-electron chi connectivity index (χ3n) is 4.71. The van der Waals surface area contributed by atoms with Gasteiger partial charge in [-0.05, 0) is 42.3 Å². The molecule has 3 rings (SSSR count). The number of ketones is 1. The number of carbonyl (C=O) groups excluding carboxylic acids is 2. The maximum absolute atomic E-state index is 12.5. The highest BCUT2D eigenvalue weighted by Crippen LogP contribution is 2.17. The van der Waals surface area contributed by atoms with Crippen LogP contribution in [0.15, 0.2) is 76.2 Å². The van der Waals surface area contributed by atoms with Gasteiger partial charge in [0.15, 0.2) is 5.78 Å². The van der Waals surface area contributed by atoms with Crippen molar-refractivity contribution in [1.29, 1.82) is 0 Å². The Balaban J connectivity index is 1.55. The molecule has 0 atom stereocenters. The van der Waals surface area contributed by atoms with Gasteiger partial charge in [0, 0.05) is 24.1 Å². The predicted molar refractivity (Wildman–Crippen MR) is 117 cm³/mol. The molecule has 0 bridgehead atoms. The maximum atomic E-state index is 12.5. The summed E-state index contributed by atoms with van der Waals surface area (Å²) in [6, 6.07) is 16.6. The zero-order chi connectivity index (χ0) is 22.3. The molecule has 31 heavy (non-hydrogen) atoms. The molecule has 0 saturated carbocycles. The van der Waals surface area contributed by atoms with Crippen LogP contribution in [0.5, 0.6) is 0 Å². The molecule has 0 aliphatic carbocycles. The highest BCUT2D eigenvalue weighted by atomic mass is 32.2. The number of nitrogens with one attached hydrogen (secondary N) is 2. The molecule has 1 heterocycles. The van der Waals surface area contributed by atoms with Crippen molar-refractivity contribution < 1.29 is 22.4 Å². The molecule has 0 spiro atoms. The van der Waals surface area contributed by atoms with E-state index in [1.807, 2.05) is 19.1 Å². The Labute approximate surface area is 181 Å². The van der Waals surface area contributed by atoms with E-state index in [9.17, 15) is 18.0 Å². The Morgan fingerprint density at radius 3 is 2.42 bits per heavy atom. The topological polar surface area (TPSA) is 105 Å². The van der Waals surface area contributed by atoms with Crippen LogP contribution in [0, 0.1) is 0 Å². The molecule has 0 radical (unpaired) electrons. The summed E-state index contributed by atoms with van der Waals surface area (Å²) < 4.78 is 32.5. The number of carbonyl (C=O) groups is 2. The minimum absolute atomic E-state index is 0.00207. The molecule has 2 aromatic carbocycles. The Morgan fingerprint density at radius 2 is 1.74 bits per heavy atom. The van der Waals surface area contributed by atoms with Crippen molar-refractivity contribution >= 4 is 27.4 Å². The van der Waals surface area contributed by atoms with Crippen LogP contribution in [-0.4, -0.2) is 20.1 Å². The Kier molecular flexibility index (Phi) is 7.38. The standard InChI is InChI=1S/C23H24N2O5S/c1-2-17-8-10-18(11-9-17)22(26)12-13-23(27)25-19-5-3-7-21(15-19)31(28,29)24-16-20-6-4-14-30-20/h3-11,14-15,24H,2,12-13,16H2,1H3,(H,25,27). The summed E-state index contributed by atoms with van der Waals surface area (Å²) in [5, 5.41) is 2.65. The largest absolute Gasteiger partial charge is 0.468 e. The van der Waals surface area contributed by atoms with Gasteiger partial charge in [0.2, 0.25) is 15.9 Å². The summed E-state index contributed by atoms with van der Waals surface area (Å²) in [4.78, 5) is 24.5. The van der Waals surface area contributed by atoms with Crippen molar-refractivity contribution in [3.05, 3.63) is 83.8 Å². The first-order valence-electron chi connectivity index (χ1n) is 9.91. The zero-order valence-electron chi connectivity index (χ0n) is 17.1. The lowest BCUT2D eigenvalue weighted by molar-refractivity contribution is -0.116. The summed E-state index contributed by atoms with van der Waals surface area (Å²) in [6.07, 6.45) is 2.43. The van der Waals surface area contributed by atoms with Gasteiger partial charge in [0.25, 0.3) is 0 Å². The number of hydrogen-bond donors (Lipinski definition) is 2. The minimum atomic E-state index is -3.78. The molecular weight excluding hydrogens is 416 g/mol. The molecule has 1 amide bonds. The van der Waals surface area contributed by atoms with E-state index in [-0.39, 0.29) is 36.0 Å². The molecule has 0 unspecified atom stereocenters. The van der Waals surface area contributed by atoms with Gasteiger partial charge < -0.3 is 9.73 Å². The number of rotatable bonds is 10. The smallest absolute Gasteiger partial charge is 0.241 e. The molecular formula is C23H24N2O5S. The fourth-order valence-electron chi connectivity index (χ4n) is 2.92. The van der Waals surface area contributed by atoms with Crippen LogP contribution < -0.4 is 10.0 Å². The Morgan fingerprint density at radius 1 is 0.968 bits per heavy atom. The molecule has 0 aliphatic heterocycles. The van der Waals surface area contributed by atoms with E-state index < -0.39 is 10.0 Å². The van der Waals surface area contributed by atoms with Gasteiger partial charge in [-0.2, -0.15) is 0 Å². The average molecular weight is 441 g/mol. The highest BCUT2D eigenvalue weighted by Gasteiger charge is 2.16. The lowest BCUT2D eigenvalue weighted by Gasteiger charge is -2.09. The van der Waals surface area contributed by atoms with Gasteiger partial charge in [0.1, 0.15) is 5.76 Å². The zero-order valence-corrected chi connectivity index (χ0v) is 17.9. The van der Waals surface area contributed by atoms with Crippen LogP contribution in [0.3, 0.4) is 0 Å². The molecule has 0 aliphatic rings. The molecule has 1 aromatic heterocycles. The Bertz CT molecular complexity index is 1140. The van der Waals surface area contributed by atoms with Gasteiger partial charge in [-0.1, -0.05) is 37.3 Å². The van der Waals surface area contributed by atoms with Crippen LogP contribution in [0.4, 0.5) is 5.69 Å². The van der Waals surface area contributed by atoms with E-state index in [1.165, 1.54) is 24.5 Å². The molecule has 3 aromatic rings. The first-order valence-corrected chi connectivity index (χ1v) is 11.4. The highest BCUT2D eigenvalue weighted by molar-refractivity contribution is 7.89. The van der Waals surface area contributed by atoms with Crippen molar-refractivity contribution in [2.24, 2.45) is 0 Å². The number of amides is 1. The van der Waals surface area contributed by atoms with Gasteiger partial charge in [-0.3, -0.25) is 9.59 Å². The van der Waals surface area contributed by atoms with Crippen LogP contribution in [0.2, 0.25) is 0 Å². The average Bonchev–Trinajstić information content (AvgIpc) is 3.30. The summed E-state index contributed by atoms with van der Waals surface area (Å²) >= 11 is 0. The normalized spacial score (nSPS) is 11.3. The van der Waals surface area contributed by atoms with Crippen molar-refractivity contribution in [2.45, 2.75) is 37.6 Å². The SMILES string of the molecule is CCc1ccc(C(=O)CCC(=O)Nc2cccc(S(=O)(=O)NCc3ccco3)c2)cc1. The minimum Gasteiger partial charge on any atom is -0.468 e. The number of aryl methyl sites for hydroxylation is 1. The summed E-state index contributed by atoms with van der Waals surface area (Å²) in [5.74, 6) is 0.00918. The molecule has 0 saturated heterocycles. The van der Waals surface area contributed by atoms with Crippen LogP contribution >= 0.6 is 0 Å². The Hall–Kier alpha value is -3.23. The van der Waals surface area contributed by atoms with E-state index in [0.29, 0.717) is 17.0 Å². The van der Waals surface area contributed by atoms with Crippen molar-refractivity contribution in [2.75, 3.05) is 5.32 Å². The van der Waals surface area contributed by atoms with E-state index in [2.05, 4.69) is 10.0 Å². The summed E-state index contributed by atoms with van der Waals surface area (Å²) in [6.45, 7) is 2.06. The lowest BCUT2D eigenvalue weighted by Crippen LogP contribution is -2.23. The number of anilines is 1. The second kappa shape index (κ2) is 10.2. The van der Waals surface area contributed by atoms with Gasteiger partial charge >= 0.3 is 0 Å². The quantitative estimate of drug-likeness (QED) is 0.465. The summed E-state index contributed by atoms with van der Waals surface area (Å²) in [7, 11) is -3.78. The second-order valence-electron chi connectivity index (χ2n) is 6.95. The molecule has 0 fully saturated rings. The maximum Gasteiger partial charge on any atom is 0.241 e. The number of sulfonamides is 1. The molecule has 7 nitrogen and oxygen atoms in total.